The molecule has 0 saturated carbocycles. The van der Waals surface area contributed by atoms with Crippen LogP contribution < -0.4 is 0 Å². The topological polar surface area (TPSA) is 120 Å². The minimum absolute atomic E-state index is 0. The van der Waals surface area contributed by atoms with Crippen molar-refractivity contribution in [2.24, 2.45) is 0 Å². The summed E-state index contributed by atoms with van der Waals surface area (Å²) < 4.78 is 7.50. The molecule has 0 aliphatic rings. The zero-order valence-electron chi connectivity index (χ0n) is 4.04. The molecule has 0 radical (unpaired) electrons. The first kappa shape index (κ1) is 26.0. The van der Waals surface area contributed by atoms with Crippen molar-refractivity contribution >= 4 is 12.3 Å². The minimum Gasteiger partial charge on any atom is 0 e. The van der Waals surface area contributed by atoms with Crippen molar-refractivity contribution in [2.75, 3.05) is 0 Å². The molecular formula is C3H4O6. The van der Waals surface area contributed by atoms with E-state index in [0.717, 1.165) is 0 Å². The van der Waals surface area contributed by atoms with Gasteiger partial charge >= 0.3 is 23.6 Å². The number of rotatable bonds is 0. The fraction of sp³-hybridized carbons (Fsp3) is 0. The predicted octanol–water partition coefficient (Wildman–Crippen LogP) is -1.78. The first-order chi connectivity index (χ1) is 3.83. The quantitative estimate of drug-likeness (QED) is 0.288. The average molecular weight is 136 g/mol. The van der Waals surface area contributed by atoms with Crippen molar-refractivity contribution in [3.05, 3.63) is 6.65 Å². The molecule has 0 aliphatic carbocycles. The number of hydrogen-bond donors (Lipinski definition) is 0. The maximum atomic E-state index is 8.12. The van der Waals surface area contributed by atoms with E-state index in [0.29, 0.717) is 0 Å². The van der Waals surface area contributed by atoms with Crippen LogP contribution in [0.25, 0.3) is 0 Å². The standard InChI is InChI=1S/2CO2.CO.H2O.H2/c2*2-1-3;1-2;;/h;;;1H2;1H. The van der Waals surface area contributed by atoms with Gasteiger partial charge < -0.3 is 5.48 Å². The fourth-order valence-corrected chi connectivity index (χ4v) is 0. The maximum absolute atomic E-state index is 8.12. The van der Waals surface area contributed by atoms with Gasteiger partial charge in [0.15, 0.2) is 0 Å². The average Bonchev–Trinajstić information content (AvgIpc) is 1.75. The van der Waals surface area contributed by atoms with Crippen molar-refractivity contribution in [1.29, 1.82) is 0 Å². The van der Waals surface area contributed by atoms with Gasteiger partial charge in [0.1, 0.15) is 0 Å². The van der Waals surface area contributed by atoms with Gasteiger partial charge in [-0.05, 0) is 0 Å². The molecule has 0 aromatic rings. The molecule has 0 spiro atoms. The SMILES string of the molecule is O.O=C=O.O=C=O.[C-]#[O+].[HH]. The van der Waals surface area contributed by atoms with Crippen LogP contribution in [0.2, 0.25) is 0 Å². The molecular weight excluding hydrogens is 132 g/mol. The minimum atomic E-state index is 0. The molecule has 0 aromatic carbocycles. The molecule has 0 rings (SSSR count). The van der Waals surface area contributed by atoms with Crippen LogP contribution in [0.15, 0.2) is 0 Å². The fourth-order valence-electron chi connectivity index (χ4n) is 0. The molecule has 2 N–H and O–H groups in total. The molecule has 0 fully saturated rings. The normalized spacial score (nSPS) is 2.00. The van der Waals surface area contributed by atoms with Gasteiger partial charge in [-0.1, -0.05) is 0 Å². The second kappa shape index (κ2) is 910. The van der Waals surface area contributed by atoms with Gasteiger partial charge in [-0.3, -0.25) is 0 Å². The molecule has 0 aromatic heterocycles. The van der Waals surface area contributed by atoms with Crippen LogP contribution in [0.5, 0.6) is 0 Å². The molecule has 0 atom stereocenters. The van der Waals surface area contributed by atoms with Crippen molar-refractivity contribution in [2.45, 2.75) is 0 Å². The van der Waals surface area contributed by atoms with Gasteiger partial charge in [-0.15, -0.1) is 0 Å². The Labute approximate surface area is 51.0 Å². The van der Waals surface area contributed by atoms with E-state index in [1.165, 1.54) is 0 Å². The van der Waals surface area contributed by atoms with Crippen LogP contribution in [0.4, 0.5) is 0 Å². The summed E-state index contributed by atoms with van der Waals surface area (Å²) in [5.41, 5.74) is 0. The van der Waals surface area contributed by atoms with Gasteiger partial charge in [-0.2, -0.15) is 19.2 Å². The van der Waals surface area contributed by atoms with Crippen LogP contribution in [0.1, 0.15) is 1.43 Å². The molecule has 0 heterocycles. The summed E-state index contributed by atoms with van der Waals surface area (Å²) in [6.45, 7) is 4.50. The van der Waals surface area contributed by atoms with Crippen molar-refractivity contribution < 1.29 is 30.7 Å². The predicted molar refractivity (Wildman–Crippen MR) is 19.7 cm³/mol. The van der Waals surface area contributed by atoms with E-state index in [9.17, 15) is 0 Å². The van der Waals surface area contributed by atoms with Gasteiger partial charge in [0, 0.05) is 1.43 Å². The third-order valence-electron chi connectivity index (χ3n) is 0. The molecule has 52 valence electrons. The van der Waals surface area contributed by atoms with E-state index in [-0.39, 0.29) is 19.2 Å². The third-order valence-corrected chi connectivity index (χ3v) is 0. The first-order valence-corrected chi connectivity index (χ1v) is 1.02. The van der Waals surface area contributed by atoms with Crippen molar-refractivity contribution in [3.8, 4) is 0 Å². The summed E-state index contributed by atoms with van der Waals surface area (Å²) in [5.74, 6) is 0. The Bertz CT molecular complexity index is 93.4. The second-order valence-corrected chi connectivity index (χ2v) is 0.167. The summed E-state index contributed by atoms with van der Waals surface area (Å²) in [6.07, 6.45) is 0.500. The Hall–Kier alpha value is -1.54. The van der Waals surface area contributed by atoms with E-state index in [1.807, 2.05) is 0 Å². The second-order valence-electron chi connectivity index (χ2n) is 0.167. The largest absolute Gasteiger partial charge is 0 e. The molecule has 0 unspecified atom stereocenters. The molecule has 0 bridgehead atoms. The summed E-state index contributed by atoms with van der Waals surface area (Å²) >= 11 is 0. The summed E-state index contributed by atoms with van der Waals surface area (Å²) in [4.78, 5) is 32.5. The third kappa shape index (κ3) is 54.2. The van der Waals surface area contributed by atoms with Crippen LogP contribution in [0.3, 0.4) is 0 Å². The maximum Gasteiger partial charge on any atom is 0 e. The van der Waals surface area contributed by atoms with Crippen molar-refractivity contribution in [1.82, 2.24) is 0 Å². The van der Waals surface area contributed by atoms with E-state index in [4.69, 9.17) is 23.8 Å². The Morgan fingerprint density at radius 1 is 1.00 bits per heavy atom. The molecule has 6 heteroatoms. The van der Waals surface area contributed by atoms with Crippen LogP contribution >= 0.6 is 0 Å². The van der Waals surface area contributed by atoms with Gasteiger partial charge in [0.25, 0.3) is 0 Å². The van der Waals surface area contributed by atoms with Crippen molar-refractivity contribution in [3.63, 3.8) is 0 Å². The first-order valence-electron chi connectivity index (χ1n) is 1.02. The van der Waals surface area contributed by atoms with Crippen LogP contribution in [-0.4, -0.2) is 17.8 Å². The van der Waals surface area contributed by atoms with Gasteiger partial charge in [0.2, 0.25) is 0 Å². The van der Waals surface area contributed by atoms with E-state index in [2.05, 4.69) is 6.65 Å². The summed E-state index contributed by atoms with van der Waals surface area (Å²) in [6, 6.07) is 0. The molecule has 9 heavy (non-hydrogen) atoms. The van der Waals surface area contributed by atoms with E-state index < -0.39 is 0 Å². The molecule has 0 aliphatic heterocycles. The smallest absolute Gasteiger partial charge is 0 e. The molecule has 6 nitrogen and oxygen atoms in total. The summed E-state index contributed by atoms with van der Waals surface area (Å²) in [7, 11) is 0. The van der Waals surface area contributed by atoms with Gasteiger partial charge in [-0.25, -0.2) is 0 Å². The van der Waals surface area contributed by atoms with Gasteiger partial charge in [0.05, 0.1) is 0 Å². The molecule has 0 saturated heterocycles. The Kier molecular flexibility index (Phi) is 2630. The zero-order valence-corrected chi connectivity index (χ0v) is 4.04. The van der Waals surface area contributed by atoms with Crippen LogP contribution in [0, 0.1) is 6.65 Å². The van der Waals surface area contributed by atoms with Crippen LogP contribution in [-0.2, 0) is 23.8 Å². The molecule has 0 amide bonds. The Morgan fingerprint density at radius 2 is 1.00 bits per heavy atom. The Morgan fingerprint density at radius 3 is 1.00 bits per heavy atom. The Balaban J connectivity index is -0.0000000116. The number of carbonyl (C=O) groups excluding carboxylic acids is 4. The summed E-state index contributed by atoms with van der Waals surface area (Å²) in [5, 5.41) is 0. The zero-order chi connectivity index (χ0) is 7.41. The monoisotopic (exact) mass is 136 g/mol. The number of hydrogen-bond acceptors (Lipinski definition) is 4. The van der Waals surface area contributed by atoms with E-state index in [1.54, 1.807) is 0 Å². The van der Waals surface area contributed by atoms with E-state index >= 15 is 0 Å².